The van der Waals surface area contributed by atoms with E-state index in [2.05, 4.69) is 31.8 Å². The van der Waals surface area contributed by atoms with Crippen LogP contribution in [0, 0.1) is 0 Å². The van der Waals surface area contributed by atoms with Crippen molar-refractivity contribution in [2.45, 2.75) is 52.1 Å². The molecule has 4 heterocycles. The number of primary amides is 1. The van der Waals surface area contributed by atoms with Gasteiger partial charge in [-0.15, -0.1) is 0 Å². The number of aryl methyl sites for hydroxylation is 1. The lowest BCUT2D eigenvalue weighted by Crippen LogP contribution is -2.54. The molecule has 1 aromatic heterocycles. The van der Waals surface area contributed by atoms with Crippen LogP contribution in [0.5, 0.6) is 5.75 Å². The second-order valence-electron chi connectivity index (χ2n) is 11.5. The van der Waals surface area contributed by atoms with Crippen LogP contribution in [0.2, 0.25) is 0 Å². The van der Waals surface area contributed by atoms with Gasteiger partial charge < -0.3 is 25.0 Å². The normalized spacial score (nSPS) is 19.2. The summed E-state index contributed by atoms with van der Waals surface area (Å²) in [4.78, 5) is 42.9. The molecule has 5 rings (SSSR count). The molecule has 3 aliphatic heterocycles. The predicted octanol–water partition coefficient (Wildman–Crippen LogP) is 1.70. The van der Waals surface area contributed by atoms with Gasteiger partial charge in [-0.25, -0.2) is 4.98 Å². The topological polar surface area (TPSA) is 117 Å². The van der Waals surface area contributed by atoms with Crippen LogP contribution in [0.15, 0.2) is 18.2 Å². The Morgan fingerprint density at radius 2 is 1.69 bits per heavy atom. The first-order chi connectivity index (χ1) is 20.4. The molecule has 0 aliphatic carbocycles. The molecule has 0 unspecified atom stereocenters. The first-order valence-electron chi connectivity index (χ1n) is 15.3. The zero-order valence-electron chi connectivity index (χ0n) is 25.3. The second kappa shape index (κ2) is 13.8. The summed E-state index contributed by atoms with van der Waals surface area (Å²) in [6.07, 6.45) is 3.29. The van der Waals surface area contributed by atoms with E-state index in [0.717, 1.165) is 93.6 Å². The molecule has 2 N–H and O–H groups in total. The zero-order chi connectivity index (χ0) is 29.6. The first-order valence-corrected chi connectivity index (χ1v) is 15.3. The summed E-state index contributed by atoms with van der Waals surface area (Å²) < 4.78 is 11.4. The molecule has 0 atom stereocenters. The minimum atomic E-state index is -0.556. The van der Waals surface area contributed by atoms with E-state index in [4.69, 9.17) is 20.2 Å². The highest BCUT2D eigenvalue weighted by Crippen LogP contribution is 2.33. The number of anilines is 1. The maximum atomic E-state index is 12.4. The van der Waals surface area contributed by atoms with Crippen molar-refractivity contribution < 1.29 is 19.1 Å². The van der Waals surface area contributed by atoms with Crippen molar-refractivity contribution in [1.29, 1.82) is 0 Å². The summed E-state index contributed by atoms with van der Waals surface area (Å²) in [5, 5.41) is 0. The van der Waals surface area contributed by atoms with Crippen molar-refractivity contribution in [3.8, 4) is 5.75 Å². The summed E-state index contributed by atoms with van der Waals surface area (Å²) in [6, 6.07) is 6.80. The lowest BCUT2D eigenvalue weighted by molar-refractivity contribution is -0.130. The molecule has 228 valence electrons. The molecular weight excluding hydrogens is 534 g/mol. The van der Waals surface area contributed by atoms with Gasteiger partial charge in [0.15, 0.2) is 0 Å². The van der Waals surface area contributed by atoms with E-state index in [0.29, 0.717) is 44.3 Å². The van der Waals surface area contributed by atoms with Crippen molar-refractivity contribution in [3.05, 3.63) is 46.5 Å². The molecule has 2 amide bonds. The van der Waals surface area contributed by atoms with Gasteiger partial charge in [0, 0.05) is 78.3 Å². The Bertz CT molecular complexity index is 1250. The maximum absolute atomic E-state index is 12.4. The van der Waals surface area contributed by atoms with E-state index in [-0.39, 0.29) is 11.6 Å². The van der Waals surface area contributed by atoms with E-state index >= 15 is 0 Å². The number of rotatable bonds is 9. The molecule has 3 aliphatic rings. The molecule has 2 aromatic rings. The largest absolute Gasteiger partial charge is 0.495 e. The van der Waals surface area contributed by atoms with Gasteiger partial charge in [0.05, 0.1) is 43.1 Å². The minimum absolute atomic E-state index is 0.171. The predicted molar refractivity (Wildman–Crippen MR) is 161 cm³/mol. The molecule has 11 heteroatoms. The van der Waals surface area contributed by atoms with E-state index in [9.17, 15) is 9.59 Å². The SMILES string of the molecule is CCc1nc(C(N)=O)c(Cc2ccc(N3CCC(N4CCN(C(C)=O)CC4)CC3)c(OC)c2)nc1CN1CCOCC1. The van der Waals surface area contributed by atoms with Crippen LogP contribution in [0.25, 0.3) is 0 Å². The number of hydrogen-bond donors (Lipinski definition) is 1. The third-order valence-electron chi connectivity index (χ3n) is 8.87. The Hall–Kier alpha value is -3.28. The fraction of sp³-hybridized carbons (Fsp3) is 0.613. The number of aromatic nitrogens is 2. The highest BCUT2D eigenvalue weighted by atomic mass is 16.5. The van der Waals surface area contributed by atoms with Crippen molar-refractivity contribution in [3.63, 3.8) is 0 Å². The molecule has 3 fully saturated rings. The number of piperazine rings is 1. The molecular formula is C31H45N7O4. The van der Waals surface area contributed by atoms with Crippen molar-refractivity contribution >= 4 is 17.5 Å². The summed E-state index contributed by atoms with van der Waals surface area (Å²) >= 11 is 0. The summed E-state index contributed by atoms with van der Waals surface area (Å²) in [6.45, 7) is 12.9. The monoisotopic (exact) mass is 579 g/mol. The Morgan fingerprint density at radius 1 is 0.976 bits per heavy atom. The van der Waals surface area contributed by atoms with Gasteiger partial charge in [0.25, 0.3) is 5.91 Å². The number of nitrogens with zero attached hydrogens (tertiary/aromatic N) is 6. The number of amides is 2. The van der Waals surface area contributed by atoms with Crippen LogP contribution in [0.4, 0.5) is 5.69 Å². The Morgan fingerprint density at radius 3 is 2.31 bits per heavy atom. The average Bonchev–Trinajstić information content (AvgIpc) is 3.01. The number of ether oxygens (including phenoxy) is 2. The van der Waals surface area contributed by atoms with Gasteiger partial charge in [0.2, 0.25) is 5.91 Å². The Kier molecular flexibility index (Phi) is 9.91. The van der Waals surface area contributed by atoms with Gasteiger partial charge in [0.1, 0.15) is 11.4 Å². The maximum Gasteiger partial charge on any atom is 0.269 e. The summed E-state index contributed by atoms with van der Waals surface area (Å²) in [5.41, 5.74) is 10.4. The Labute approximate surface area is 249 Å². The molecule has 0 saturated carbocycles. The zero-order valence-corrected chi connectivity index (χ0v) is 25.3. The van der Waals surface area contributed by atoms with Crippen molar-refractivity contribution in [2.24, 2.45) is 5.73 Å². The Balaban J connectivity index is 1.28. The smallest absolute Gasteiger partial charge is 0.269 e. The second-order valence-corrected chi connectivity index (χ2v) is 11.5. The van der Waals surface area contributed by atoms with Crippen LogP contribution >= 0.6 is 0 Å². The quantitative estimate of drug-likeness (QED) is 0.474. The van der Waals surface area contributed by atoms with Gasteiger partial charge in [-0.1, -0.05) is 13.0 Å². The first kappa shape index (κ1) is 30.2. The van der Waals surface area contributed by atoms with Crippen LogP contribution in [0.3, 0.4) is 0 Å². The van der Waals surface area contributed by atoms with E-state index in [1.54, 1.807) is 14.0 Å². The van der Waals surface area contributed by atoms with E-state index in [1.807, 2.05) is 17.9 Å². The van der Waals surface area contributed by atoms with Crippen LogP contribution in [-0.4, -0.2) is 115 Å². The fourth-order valence-corrected chi connectivity index (χ4v) is 6.41. The van der Waals surface area contributed by atoms with Gasteiger partial charge in [-0.3, -0.25) is 24.4 Å². The highest BCUT2D eigenvalue weighted by molar-refractivity contribution is 5.92. The van der Waals surface area contributed by atoms with Gasteiger partial charge in [-0.2, -0.15) is 0 Å². The molecule has 0 radical (unpaired) electrons. The third-order valence-corrected chi connectivity index (χ3v) is 8.87. The number of carbonyl (C=O) groups is 2. The number of piperidine rings is 1. The number of carbonyl (C=O) groups excluding carboxylic acids is 2. The summed E-state index contributed by atoms with van der Waals surface area (Å²) in [5.74, 6) is 0.428. The van der Waals surface area contributed by atoms with E-state index < -0.39 is 5.91 Å². The number of benzene rings is 1. The lowest BCUT2D eigenvalue weighted by Gasteiger charge is -2.43. The molecule has 0 spiro atoms. The molecule has 42 heavy (non-hydrogen) atoms. The number of nitrogens with two attached hydrogens (primary N) is 1. The minimum Gasteiger partial charge on any atom is -0.495 e. The lowest BCUT2D eigenvalue weighted by atomic mass is 10.0. The molecule has 3 saturated heterocycles. The summed E-state index contributed by atoms with van der Waals surface area (Å²) in [7, 11) is 1.70. The molecule has 0 bridgehead atoms. The van der Waals surface area contributed by atoms with Gasteiger partial charge >= 0.3 is 0 Å². The highest BCUT2D eigenvalue weighted by Gasteiger charge is 2.29. The van der Waals surface area contributed by atoms with Crippen molar-refractivity contribution in [2.75, 3.05) is 77.6 Å². The number of morpholine rings is 1. The van der Waals surface area contributed by atoms with E-state index in [1.165, 1.54) is 0 Å². The third kappa shape index (κ3) is 7.02. The fourth-order valence-electron chi connectivity index (χ4n) is 6.41. The van der Waals surface area contributed by atoms with Gasteiger partial charge in [-0.05, 0) is 37.0 Å². The molecule has 11 nitrogen and oxygen atoms in total. The molecule has 1 aromatic carbocycles. The standard InChI is InChI=1S/C31H45N7O4/c1-4-25-27(21-35-15-17-42-18-16-35)33-26(30(34-25)31(32)40)19-23-5-6-28(29(20-23)41-3)38-9-7-24(8-10-38)37-13-11-36(12-14-37)22(2)39/h5-6,20,24H,4,7-19,21H2,1-3H3,(H2,32,40). The number of hydrogen-bond acceptors (Lipinski definition) is 9. The van der Waals surface area contributed by atoms with Crippen LogP contribution < -0.4 is 15.4 Å². The van der Waals surface area contributed by atoms with Crippen LogP contribution in [0.1, 0.15) is 59.8 Å². The van der Waals surface area contributed by atoms with Crippen molar-refractivity contribution in [1.82, 2.24) is 24.7 Å². The average molecular weight is 580 g/mol. The van der Waals surface area contributed by atoms with Crippen LogP contribution in [-0.2, 0) is 28.9 Å². The number of methoxy groups -OCH3 is 1.